The lowest BCUT2D eigenvalue weighted by atomic mass is 10.0. The van der Waals surface area contributed by atoms with Crippen molar-refractivity contribution < 1.29 is 23.9 Å². The second-order valence-electron chi connectivity index (χ2n) is 7.73. The number of carboxylic acid groups (broad SMARTS) is 1. The molecule has 0 fully saturated rings. The zero-order valence-corrected chi connectivity index (χ0v) is 18.4. The van der Waals surface area contributed by atoms with Crippen molar-refractivity contribution in [3.05, 3.63) is 60.2 Å². The second-order valence-corrected chi connectivity index (χ2v) is 7.73. The third-order valence-corrected chi connectivity index (χ3v) is 5.89. The Labute approximate surface area is 179 Å². The maximum Gasteiger partial charge on any atom is 0.305 e. The van der Waals surface area contributed by atoms with E-state index in [1.807, 2.05) is 36.4 Å². The highest BCUT2D eigenvalue weighted by Crippen LogP contribution is 2.32. The molecule has 2 aromatic rings. The number of hydrogen-bond acceptors (Lipinski definition) is 3. The number of rotatable bonds is 11. The van der Waals surface area contributed by atoms with Gasteiger partial charge in [0.2, 0.25) is 0 Å². The lowest BCUT2D eigenvalue weighted by molar-refractivity contribution is -0.906. The molecular weight excluding hydrogens is 380 g/mol. The van der Waals surface area contributed by atoms with E-state index in [2.05, 4.69) is 20.9 Å². The Morgan fingerprint density at radius 2 is 1.63 bits per heavy atom. The third kappa shape index (κ3) is 5.83. The van der Waals surface area contributed by atoms with Gasteiger partial charge in [0, 0.05) is 12.0 Å². The fourth-order valence-corrected chi connectivity index (χ4v) is 3.55. The summed E-state index contributed by atoms with van der Waals surface area (Å²) in [6.45, 7) is 6.92. The van der Waals surface area contributed by atoms with Crippen LogP contribution < -0.4 is 9.64 Å². The molecule has 0 aliphatic carbocycles. The number of carbonyl (C=O) groups excluding carboxylic acids is 1. The molecule has 6 heteroatoms. The Kier molecular flexibility index (Phi) is 8.42. The topological polar surface area (TPSA) is 66.8 Å². The Balaban J connectivity index is 2.52. The Bertz CT molecular complexity index is 834. The average molecular weight is 414 g/mol. The van der Waals surface area contributed by atoms with E-state index in [0.29, 0.717) is 23.4 Å². The molecule has 2 aromatic carbocycles. The molecule has 0 saturated heterocycles. The first kappa shape index (κ1) is 23.4. The number of methoxy groups -OCH3 is 1. The van der Waals surface area contributed by atoms with E-state index in [1.165, 1.54) is 0 Å². The molecule has 0 heterocycles. The van der Waals surface area contributed by atoms with E-state index in [-0.39, 0.29) is 12.3 Å². The number of carbonyl (C=O) groups is 2. The van der Waals surface area contributed by atoms with Gasteiger partial charge in [0.25, 0.3) is 5.91 Å². The van der Waals surface area contributed by atoms with Crippen molar-refractivity contribution in [1.29, 1.82) is 0 Å². The number of nitrogens with zero attached hydrogens (tertiary/aromatic N) is 2. The van der Waals surface area contributed by atoms with Gasteiger partial charge in [-0.1, -0.05) is 30.3 Å². The van der Waals surface area contributed by atoms with E-state index < -0.39 is 12.0 Å². The van der Waals surface area contributed by atoms with Gasteiger partial charge >= 0.3 is 5.97 Å². The van der Waals surface area contributed by atoms with Gasteiger partial charge in [0.15, 0.2) is 0 Å². The van der Waals surface area contributed by atoms with Gasteiger partial charge < -0.3 is 19.2 Å². The maximum absolute atomic E-state index is 13.6. The maximum atomic E-state index is 13.6. The monoisotopic (exact) mass is 413 g/mol. The molecule has 162 valence electrons. The van der Waals surface area contributed by atoms with E-state index >= 15 is 0 Å². The summed E-state index contributed by atoms with van der Waals surface area (Å²) in [7, 11) is 3.71. The molecule has 1 amide bonds. The molecule has 0 bridgehead atoms. The van der Waals surface area contributed by atoms with E-state index in [1.54, 1.807) is 30.2 Å². The Morgan fingerprint density at radius 3 is 2.20 bits per heavy atom. The number of anilines is 1. The van der Waals surface area contributed by atoms with E-state index in [4.69, 9.17) is 4.74 Å². The van der Waals surface area contributed by atoms with Crippen LogP contribution in [-0.4, -0.2) is 61.3 Å². The summed E-state index contributed by atoms with van der Waals surface area (Å²) in [6.07, 6.45) is 0.436. The van der Waals surface area contributed by atoms with E-state index in [9.17, 15) is 14.7 Å². The molecule has 1 atom stereocenters. The van der Waals surface area contributed by atoms with Crippen molar-refractivity contribution >= 4 is 17.6 Å². The van der Waals surface area contributed by atoms with Gasteiger partial charge in [0.1, 0.15) is 5.75 Å². The molecule has 6 nitrogen and oxygen atoms in total. The first-order valence-corrected chi connectivity index (χ1v) is 10.4. The number of ether oxygens (including phenoxy) is 1. The van der Waals surface area contributed by atoms with Crippen LogP contribution >= 0.6 is 0 Å². The smallest absolute Gasteiger partial charge is 0.305 e. The van der Waals surface area contributed by atoms with Crippen molar-refractivity contribution in [2.75, 3.05) is 38.7 Å². The molecular formula is C24H33N2O4+. The largest absolute Gasteiger partial charge is 0.495 e. The van der Waals surface area contributed by atoms with Crippen molar-refractivity contribution in [1.82, 2.24) is 0 Å². The minimum absolute atomic E-state index is 0.135. The lowest BCUT2D eigenvalue weighted by Gasteiger charge is -2.37. The van der Waals surface area contributed by atoms with Gasteiger partial charge in [-0.05, 0) is 38.1 Å². The molecule has 0 saturated carbocycles. The molecule has 0 unspecified atom stereocenters. The summed E-state index contributed by atoms with van der Waals surface area (Å²) in [5.41, 5.74) is 1.10. The number of para-hydroxylation sites is 2. The zero-order chi connectivity index (χ0) is 22.1. The molecule has 0 aliphatic rings. The van der Waals surface area contributed by atoms with Crippen LogP contribution in [0, 0.1) is 0 Å². The highest BCUT2D eigenvalue weighted by molar-refractivity contribution is 6.07. The van der Waals surface area contributed by atoms with Crippen LogP contribution in [0.4, 0.5) is 5.69 Å². The summed E-state index contributed by atoms with van der Waals surface area (Å²) in [6, 6.07) is 15.7. The van der Waals surface area contributed by atoms with Crippen molar-refractivity contribution in [2.45, 2.75) is 32.7 Å². The summed E-state index contributed by atoms with van der Waals surface area (Å²) >= 11 is 0. The molecule has 1 N–H and O–H groups in total. The quantitative estimate of drug-likeness (QED) is 0.564. The SMILES string of the molecule is CC[N+](C)(CC)CC[C@H](CC(=O)O)N(C(=O)c1ccccc1)c1ccccc1OC. The van der Waals surface area contributed by atoms with Crippen molar-refractivity contribution in [2.24, 2.45) is 0 Å². The van der Waals surface area contributed by atoms with Crippen molar-refractivity contribution in [3.63, 3.8) is 0 Å². The normalized spacial score (nSPS) is 12.3. The van der Waals surface area contributed by atoms with Crippen LogP contribution in [0.5, 0.6) is 5.75 Å². The predicted molar refractivity (Wildman–Crippen MR) is 119 cm³/mol. The lowest BCUT2D eigenvalue weighted by Crippen LogP contribution is -2.49. The van der Waals surface area contributed by atoms with Crippen LogP contribution in [0.15, 0.2) is 54.6 Å². The van der Waals surface area contributed by atoms with Crippen LogP contribution in [0.1, 0.15) is 37.0 Å². The average Bonchev–Trinajstić information content (AvgIpc) is 2.77. The number of amides is 1. The fourth-order valence-electron chi connectivity index (χ4n) is 3.55. The first-order valence-electron chi connectivity index (χ1n) is 10.4. The summed E-state index contributed by atoms with van der Waals surface area (Å²) in [4.78, 5) is 26.9. The van der Waals surface area contributed by atoms with Crippen LogP contribution in [-0.2, 0) is 4.79 Å². The number of aliphatic carboxylic acids is 1. The summed E-state index contributed by atoms with van der Waals surface area (Å²) in [5, 5.41) is 9.63. The minimum Gasteiger partial charge on any atom is -0.495 e. The molecule has 0 spiro atoms. The first-order chi connectivity index (χ1) is 14.3. The number of quaternary nitrogens is 1. The Morgan fingerprint density at radius 1 is 1.03 bits per heavy atom. The molecule has 0 radical (unpaired) electrons. The highest BCUT2D eigenvalue weighted by Gasteiger charge is 2.32. The molecule has 0 aromatic heterocycles. The standard InChI is InChI=1S/C24H32N2O4/c1-5-26(3,6-2)17-16-20(18-23(27)28)25(21-14-10-11-15-22(21)30-4)24(29)19-12-8-7-9-13-19/h7-15,20H,5-6,16-18H2,1-4H3/p+1/t20-/m1/s1. The van der Waals surface area contributed by atoms with Crippen molar-refractivity contribution in [3.8, 4) is 5.75 Å². The predicted octanol–water partition coefficient (Wildman–Crippen LogP) is 4.06. The molecule has 2 rings (SSSR count). The third-order valence-electron chi connectivity index (χ3n) is 5.89. The van der Waals surface area contributed by atoms with E-state index in [0.717, 1.165) is 24.1 Å². The van der Waals surface area contributed by atoms with Crippen LogP contribution in [0.25, 0.3) is 0 Å². The molecule has 30 heavy (non-hydrogen) atoms. The summed E-state index contributed by atoms with van der Waals surface area (Å²) < 4.78 is 6.32. The molecule has 0 aliphatic heterocycles. The Hall–Kier alpha value is -2.86. The minimum atomic E-state index is -0.928. The van der Waals surface area contributed by atoms with Gasteiger partial charge in [-0.2, -0.15) is 0 Å². The number of carboxylic acids is 1. The fraction of sp³-hybridized carbons (Fsp3) is 0.417. The van der Waals surface area contributed by atoms with Gasteiger partial charge in [0.05, 0.1) is 51.9 Å². The van der Waals surface area contributed by atoms with Crippen LogP contribution in [0.2, 0.25) is 0 Å². The highest BCUT2D eigenvalue weighted by atomic mass is 16.5. The summed E-state index contributed by atoms with van der Waals surface area (Å²) in [5.74, 6) is -0.614. The van der Waals surface area contributed by atoms with Gasteiger partial charge in [-0.15, -0.1) is 0 Å². The van der Waals surface area contributed by atoms with Crippen LogP contribution in [0.3, 0.4) is 0 Å². The van der Waals surface area contributed by atoms with Gasteiger partial charge in [-0.25, -0.2) is 0 Å². The number of benzene rings is 2. The number of hydrogen-bond donors (Lipinski definition) is 1. The second kappa shape index (κ2) is 10.8. The van der Waals surface area contributed by atoms with Gasteiger partial charge in [-0.3, -0.25) is 9.59 Å². The zero-order valence-electron chi connectivity index (χ0n) is 18.4.